The minimum atomic E-state index is -0.360. The van der Waals surface area contributed by atoms with E-state index >= 15 is 0 Å². The summed E-state index contributed by atoms with van der Waals surface area (Å²) in [7, 11) is 0. The molecule has 5 N–H and O–H groups in total. The Balaban J connectivity index is 1.50. The summed E-state index contributed by atoms with van der Waals surface area (Å²) in [5, 5.41) is 12.8. The summed E-state index contributed by atoms with van der Waals surface area (Å²) in [6, 6.07) is 9.26. The number of nitrogens with zero attached hydrogens (tertiary/aromatic N) is 1. The van der Waals surface area contributed by atoms with E-state index in [1.165, 1.54) is 0 Å². The van der Waals surface area contributed by atoms with Crippen LogP contribution in [0.4, 0.5) is 10.6 Å². The van der Waals surface area contributed by atoms with E-state index < -0.39 is 0 Å². The molecular weight excluding hydrogens is 398 g/mol. The summed E-state index contributed by atoms with van der Waals surface area (Å²) in [4.78, 5) is 24.2. The van der Waals surface area contributed by atoms with E-state index in [1.54, 1.807) is 0 Å². The van der Waals surface area contributed by atoms with Gasteiger partial charge < -0.3 is 25.8 Å². The largest absolute Gasteiger partial charge is 0.492 e. The Hall–Kier alpha value is -3.07. The number of carbonyl (C=O) groups is 2. The Morgan fingerprint density at radius 2 is 2.13 bits per heavy atom. The lowest BCUT2D eigenvalue weighted by Crippen LogP contribution is -2.28. The molecule has 2 unspecified atom stereocenters. The predicted octanol–water partition coefficient (Wildman–Crippen LogP) is 2.70. The van der Waals surface area contributed by atoms with Gasteiger partial charge in [0.25, 0.3) is 0 Å². The second-order valence-corrected chi connectivity index (χ2v) is 7.64. The van der Waals surface area contributed by atoms with Crippen molar-refractivity contribution in [3.8, 4) is 5.75 Å². The highest BCUT2D eigenvalue weighted by Gasteiger charge is 2.30. The number of nitrogens with two attached hydrogens (primary N) is 1. The van der Waals surface area contributed by atoms with Gasteiger partial charge in [0.05, 0.1) is 6.42 Å². The zero-order valence-corrected chi connectivity index (χ0v) is 17.9. The summed E-state index contributed by atoms with van der Waals surface area (Å²) < 4.78 is 11.1. The number of aromatic amines is 1. The molecule has 2 atom stereocenters. The topological polar surface area (TPSA) is 131 Å². The lowest BCUT2D eigenvalue weighted by atomic mass is 10.0. The fourth-order valence-corrected chi connectivity index (χ4v) is 3.68. The number of nitrogens with one attached hydrogen (secondary N) is 3. The van der Waals surface area contributed by atoms with Gasteiger partial charge >= 0.3 is 6.09 Å². The molecule has 31 heavy (non-hydrogen) atoms. The van der Waals surface area contributed by atoms with Gasteiger partial charge in [-0.3, -0.25) is 9.89 Å². The Morgan fingerprint density at radius 3 is 2.94 bits per heavy atom. The zero-order valence-electron chi connectivity index (χ0n) is 17.9. The van der Waals surface area contributed by atoms with Gasteiger partial charge in [-0.05, 0) is 31.7 Å². The average molecular weight is 430 g/mol. The molecular formula is C22H31N5O4. The first-order valence-electron chi connectivity index (χ1n) is 10.8. The number of anilines is 1. The molecule has 1 aliphatic carbocycles. The van der Waals surface area contributed by atoms with Crippen molar-refractivity contribution in [3.63, 3.8) is 0 Å². The van der Waals surface area contributed by atoms with E-state index in [9.17, 15) is 9.59 Å². The van der Waals surface area contributed by atoms with Crippen LogP contribution in [0.5, 0.6) is 5.75 Å². The number of aromatic nitrogens is 2. The van der Waals surface area contributed by atoms with Crippen molar-refractivity contribution in [1.29, 1.82) is 0 Å². The molecule has 1 saturated carbocycles. The quantitative estimate of drug-likeness (QED) is 0.459. The maximum absolute atomic E-state index is 12.5. The monoisotopic (exact) mass is 429 g/mol. The first kappa shape index (κ1) is 22.6. The van der Waals surface area contributed by atoms with Crippen molar-refractivity contribution < 1.29 is 19.1 Å². The van der Waals surface area contributed by atoms with Gasteiger partial charge in [-0.2, -0.15) is 5.10 Å². The summed E-state index contributed by atoms with van der Waals surface area (Å²) >= 11 is 0. The van der Waals surface area contributed by atoms with Gasteiger partial charge in [0, 0.05) is 36.3 Å². The molecule has 0 bridgehead atoms. The second kappa shape index (κ2) is 11.4. The van der Waals surface area contributed by atoms with Crippen LogP contribution in [0.15, 0.2) is 30.3 Å². The number of hydrogen-bond donors (Lipinski definition) is 4. The number of hydrogen-bond acceptors (Lipinski definition) is 6. The highest BCUT2D eigenvalue weighted by atomic mass is 16.6. The van der Waals surface area contributed by atoms with E-state index in [2.05, 4.69) is 20.8 Å². The minimum absolute atomic E-state index is 0.104. The number of rotatable bonds is 10. The van der Waals surface area contributed by atoms with Crippen LogP contribution in [0.3, 0.4) is 0 Å². The van der Waals surface area contributed by atoms with Crippen molar-refractivity contribution in [2.75, 3.05) is 25.0 Å². The molecule has 9 heteroatoms. The molecule has 1 heterocycles. The molecule has 168 valence electrons. The fourth-order valence-electron chi connectivity index (χ4n) is 3.68. The Kier molecular flexibility index (Phi) is 8.28. The number of amides is 2. The number of alkyl carbamates (subject to hydrolysis) is 1. The molecule has 0 saturated heterocycles. The molecule has 0 spiro atoms. The third-order valence-corrected chi connectivity index (χ3v) is 5.18. The number of ether oxygens (including phenoxy) is 2. The van der Waals surface area contributed by atoms with E-state index in [0.717, 1.165) is 36.9 Å². The molecule has 2 aromatic rings. The van der Waals surface area contributed by atoms with Crippen LogP contribution in [-0.2, 0) is 16.0 Å². The maximum Gasteiger partial charge on any atom is 0.407 e. The lowest BCUT2D eigenvalue weighted by molar-refractivity contribution is -0.115. The second-order valence-electron chi connectivity index (χ2n) is 7.64. The molecule has 1 fully saturated rings. The first-order chi connectivity index (χ1) is 15.1. The maximum atomic E-state index is 12.5. The Bertz CT molecular complexity index is 869. The summed E-state index contributed by atoms with van der Waals surface area (Å²) in [5.74, 6) is 1.17. The standard InChI is InChI=1S/C22H31N5O4/c1-2-10-24-22(29)31-17-8-7-15(12-17)18-14-20(27-26-18)25-21(28)13-16-5-3-4-6-19(16)30-11-9-23/h3-6,14-15,17H,2,7-13,23H2,1H3,(H,24,29)(H2,25,26,27,28). The van der Waals surface area contributed by atoms with Crippen molar-refractivity contribution >= 4 is 17.8 Å². The molecule has 3 rings (SSSR count). The zero-order chi connectivity index (χ0) is 22.1. The van der Waals surface area contributed by atoms with E-state index in [1.807, 2.05) is 37.3 Å². The lowest BCUT2D eigenvalue weighted by Gasteiger charge is -2.12. The molecule has 0 radical (unpaired) electrons. The van der Waals surface area contributed by atoms with Gasteiger partial charge in [-0.15, -0.1) is 0 Å². The highest BCUT2D eigenvalue weighted by molar-refractivity contribution is 5.91. The number of carbonyl (C=O) groups excluding carboxylic acids is 2. The van der Waals surface area contributed by atoms with Crippen LogP contribution in [0.2, 0.25) is 0 Å². The van der Waals surface area contributed by atoms with Crippen LogP contribution < -0.4 is 21.1 Å². The highest BCUT2D eigenvalue weighted by Crippen LogP contribution is 2.35. The predicted molar refractivity (Wildman–Crippen MR) is 117 cm³/mol. The normalized spacial score (nSPS) is 17.9. The van der Waals surface area contributed by atoms with Gasteiger partial charge in [0.15, 0.2) is 5.82 Å². The molecule has 1 aromatic carbocycles. The Labute approximate surface area is 182 Å². The fraction of sp³-hybridized carbons (Fsp3) is 0.500. The van der Waals surface area contributed by atoms with Gasteiger partial charge in [0.2, 0.25) is 5.91 Å². The summed E-state index contributed by atoms with van der Waals surface area (Å²) in [5.41, 5.74) is 7.22. The van der Waals surface area contributed by atoms with Crippen molar-refractivity contribution in [2.45, 2.75) is 51.0 Å². The van der Waals surface area contributed by atoms with Crippen LogP contribution in [-0.4, -0.2) is 48.0 Å². The number of para-hydroxylation sites is 1. The SMILES string of the molecule is CCCNC(=O)OC1CCC(c2cc(NC(=O)Cc3ccccc3OCCN)n[nH]2)C1. The van der Waals surface area contributed by atoms with E-state index in [0.29, 0.717) is 31.3 Å². The Morgan fingerprint density at radius 1 is 1.29 bits per heavy atom. The third-order valence-electron chi connectivity index (χ3n) is 5.18. The smallest absolute Gasteiger partial charge is 0.407 e. The molecule has 9 nitrogen and oxygen atoms in total. The van der Waals surface area contributed by atoms with Crippen molar-refractivity contribution in [2.24, 2.45) is 5.73 Å². The van der Waals surface area contributed by atoms with Crippen LogP contribution >= 0.6 is 0 Å². The molecule has 0 aliphatic heterocycles. The average Bonchev–Trinajstić information content (AvgIpc) is 3.41. The molecule has 1 aromatic heterocycles. The van der Waals surface area contributed by atoms with Crippen molar-refractivity contribution in [1.82, 2.24) is 15.5 Å². The number of benzene rings is 1. The van der Waals surface area contributed by atoms with Gasteiger partial charge in [-0.25, -0.2) is 4.79 Å². The van der Waals surface area contributed by atoms with Crippen molar-refractivity contribution in [3.05, 3.63) is 41.6 Å². The van der Waals surface area contributed by atoms with Crippen LogP contribution in [0.1, 0.15) is 49.8 Å². The van der Waals surface area contributed by atoms with Crippen LogP contribution in [0.25, 0.3) is 0 Å². The van der Waals surface area contributed by atoms with Crippen LogP contribution in [0, 0.1) is 0 Å². The van der Waals surface area contributed by atoms with E-state index in [4.69, 9.17) is 15.2 Å². The molecule has 1 aliphatic rings. The first-order valence-corrected chi connectivity index (χ1v) is 10.8. The minimum Gasteiger partial charge on any atom is -0.492 e. The van der Waals surface area contributed by atoms with Gasteiger partial charge in [-0.1, -0.05) is 25.1 Å². The summed E-state index contributed by atoms with van der Waals surface area (Å²) in [6.07, 6.45) is 3.03. The number of H-pyrrole nitrogens is 1. The van der Waals surface area contributed by atoms with E-state index in [-0.39, 0.29) is 30.4 Å². The molecule has 2 amide bonds. The summed E-state index contributed by atoms with van der Waals surface area (Å²) in [6.45, 7) is 3.41. The van der Waals surface area contributed by atoms with Gasteiger partial charge in [0.1, 0.15) is 18.5 Å². The third kappa shape index (κ3) is 6.71.